The van der Waals surface area contributed by atoms with Gasteiger partial charge in [-0.05, 0) is 44.3 Å². The molecule has 0 saturated heterocycles. The summed E-state index contributed by atoms with van der Waals surface area (Å²) in [5.41, 5.74) is 0. The molecule has 0 aliphatic carbocycles. The molecule has 1 aromatic rings. The van der Waals surface area contributed by atoms with E-state index >= 15 is 0 Å². The first-order valence-corrected chi connectivity index (χ1v) is 5.87. The number of unbranched alkanes of at least 4 members (excludes halogenated alkanes) is 1. The number of halogens is 2. The third kappa shape index (κ3) is 3.65. The summed E-state index contributed by atoms with van der Waals surface area (Å²) in [6.45, 7) is 3.15. The summed E-state index contributed by atoms with van der Waals surface area (Å²) in [5, 5.41) is 3.26. The van der Waals surface area contributed by atoms with Gasteiger partial charge in [-0.2, -0.15) is 0 Å². The summed E-state index contributed by atoms with van der Waals surface area (Å²) in [5.74, 6) is 0.914. The Kier molecular flexibility index (Phi) is 4.73. The Morgan fingerprint density at radius 2 is 2.23 bits per heavy atom. The first-order valence-electron chi connectivity index (χ1n) is 4.29. The van der Waals surface area contributed by atoms with E-state index in [1.165, 1.54) is 12.8 Å². The lowest BCUT2D eigenvalue weighted by Gasteiger charge is -2.06. The molecule has 4 heteroatoms. The Morgan fingerprint density at radius 1 is 1.46 bits per heavy atom. The molecule has 0 aliphatic heterocycles. The molecule has 0 atom stereocenters. The Balaban J connectivity index is 2.56. The molecular formula is C9H12Br2N2. The minimum Gasteiger partial charge on any atom is -0.369 e. The van der Waals surface area contributed by atoms with Crippen molar-refractivity contribution in [3.8, 4) is 0 Å². The van der Waals surface area contributed by atoms with E-state index in [0.717, 1.165) is 21.3 Å². The third-order valence-electron chi connectivity index (χ3n) is 1.63. The molecule has 1 rings (SSSR count). The lowest BCUT2D eigenvalue weighted by atomic mass is 10.3. The molecule has 2 nitrogen and oxygen atoms in total. The minimum absolute atomic E-state index is 0.914. The van der Waals surface area contributed by atoms with Crippen LogP contribution in [0.15, 0.2) is 21.2 Å². The summed E-state index contributed by atoms with van der Waals surface area (Å²) in [6, 6.07) is 1.99. The van der Waals surface area contributed by atoms with Gasteiger partial charge >= 0.3 is 0 Å². The van der Waals surface area contributed by atoms with Gasteiger partial charge in [0.15, 0.2) is 0 Å². The molecule has 72 valence electrons. The van der Waals surface area contributed by atoms with Gasteiger partial charge in [-0.1, -0.05) is 13.3 Å². The van der Waals surface area contributed by atoms with Crippen molar-refractivity contribution in [2.75, 3.05) is 11.9 Å². The summed E-state index contributed by atoms with van der Waals surface area (Å²) >= 11 is 6.80. The normalized spacial score (nSPS) is 10.1. The van der Waals surface area contributed by atoms with Crippen LogP contribution in [0.3, 0.4) is 0 Å². The van der Waals surface area contributed by atoms with Crippen LogP contribution in [0.25, 0.3) is 0 Å². The molecule has 1 N–H and O–H groups in total. The fraction of sp³-hybridized carbons (Fsp3) is 0.444. The highest BCUT2D eigenvalue weighted by molar-refractivity contribution is 9.11. The van der Waals surface area contributed by atoms with Crippen molar-refractivity contribution in [1.82, 2.24) is 4.98 Å². The summed E-state index contributed by atoms with van der Waals surface area (Å²) in [6.07, 6.45) is 4.16. The van der Waals surface area contributed by atoms with Gasteiger partial charge in [0.2, 0.25) is 0 Å². The van der Waals surface area contributed by atoms with Crippen molar-refractivity contribution < 1.29 is 0 Å². The maximum absolute atomic E-state index is 4.24. The van der Waals surface area contributed by atoms with E-state index in [4.69, 9.17) is 0 Å². The summed E-state index contributed by atoms with van der Waals surface area (Å²) in [4.78, 5) is 4.24. The topological polar surface area (TPSA) is 24.9 Å². The van der Waals surface area contributed by atoms with Crippen LogP contribution in [0.5, 0.6) is 0 Å². The molecule has 0 fully saturated rings. The predicted octanol–water partition coefficient (Wildman–Crippen LogP) is 3.82. The highest BCUT2D eigenvalue weighted by Crippen LogP contribution is 2.23. The lowest BCUT2D eigenvalue weighted by molar-refractivity contribution is 0.830. The number of nitrogens with zero attached hydrogens (tertiary/aromatic N) is 1. The number of rotatable bonds is 4. The Labute approximate surface area is 95.4 Å². The number of aromatic nitrogens is 1. The van der Waals surface area contributed by atoms with Gasteiger partial charge in [0.05, 0.1) is 4.47 Å². The van der Waals surface area contributed by atoms with Crippen LogP contribution >= 0.6 is 31.9 Å². The smallest absolute Gasteiger partial charge is 0.140 e. The van der Waals surface area contributed by atoms with Gasteiger partial charge in [-0.3, -0.25) is 0 Å². The first-order chi connectivity index (χ1) is 6.24. The fourth-order valence-electron chi connectivity index (χ4n) is 0.928. The minimum atomic E-state index is 0.914. The molecule has 0 aromatic carbocycles. The van der Waals surface area contributed by atoms with Crippen LogP contribution in [0, 0.1) is 0 Å². The van der Waals surface area contributed by atoms with Crippen LogP contribution in [-0.2, 0) is 0 Å². The van der Waals surface area contributed by atoms with E-state index in [1.54, 1.807) is 6.20 Å². The SMILES string of the molecule is CCCCNc1ncc(Br)cc1Br. The fourth-order valence-corrected chi connectivity index (χ4v) is 2.06. The second kappa shape index (κ2) is 5.60. The molecule has 13 heavy (non-hydrogen) atoms. The maximum Gasteiger partial charge on any atom is 0.140 e. The Bertz CT molecular complexity index is 276. The van der Waals surface area contributed by atoms with Crippen LogP contribution in [0.4, 0.5) is 5.82 Å². The molecule has 0 bridgehead atoms. The van der Waals surface area contributed by atoms with Gasteiger partial charge in [-0.15, -0.1) is 0 Å². The van der Waals surface area contributed by atoms with E-state index in [2.05, 4.69) is 49.1 Å². The molecule has 0 unspecified atom stereocenters. The second-order valence-corrected chi connectivity index (χ2v) is 4.53. The Morgan fingerprint density at radius 3 is 2.85 bits per heavy atom. The highest BCUT2D eigenvalue weighted by Gasteiger charge is 2.00. The van der Waals surface area contributed by atoms with Gasteiger partial charge in [-0.25, -0.2) is 4.98 Å². The van der Waals surface area contributed by atoms with Gasteiger partial charge in [0, 0.05) is 17.2 Å². The van der Waals surface area contributed by atoms with Crippen LogP contribution in [0.2, 0.25) is 0 Å². The molecule has 0 saturated carbocycles. The number of hydrogen-bond donors (Lipinski definition) is 1. The molecule has 0 radical (unpaired) electrons. The number of pyridine rings is 1. The summed E-state index contributed by atoms with van der Waals surface area (Å²) < 4.78 is 1.98. The van der Waals surface area contributed by atoms with E-state index < -0.39 is 0 Å². The van der Waals surface area contributed by atoms with Crippen molar-refractivity contribution in [3.05, 3.63) is 21.2 Å². The molecular weight excluding hydrogens is 296 g/mol. The van der Waals surface area contributed by atoms with Gasteiger partial charge in [0.25, 0.3) is 0 Å². The second-order valence-electron chi connectivity index (χ2n) is 2.76. The maximum atomic E-state index is 4.24. The average Bonchev–Trinajstić information content (AvgIpc) is 2.09. The third-order valence-corrected chi connectivity index (χ3v) is 2.67. The van der Waals surface area contributed by atoms with Crippen LogP contribution in [-0.4, -0.2) is 11.5 Å². The van der Waals surface area contributed by atoms with Crippen molar-refractivity contribution in [2.45, 2.75) is 19.8 Å². The molecule has 0 spiro atoms. The quantitative estimate of drug-likeness (QED) is 0.855. The predicted molar refractivity (Wildman–Crippen MR) is 63.0 cm³/mol. The zero-order valence-corrected chi connectivity index (χ0v) is 10.7. The van der Waals surface area contributed by atoms with Gasteiger partial charge < -0.3 is 5.32 Å². The van der Waals surface area contributed by atoms with E-state index in [0.29, 0.717) is 0 Å². The largest absolute Gasteiger partial charge is 0.369 e. The van der Waals surface area contributed by atoms with Crippen molar-refractivity contribution in [2.24, 2.45) is 0 Å². The summed E-state index contributed by atoms with van der Waals surface area (Å²) in [7, 11) is 0. The van der Waals surface area contributed by atoms with E-state index in [1.807, 2.05) is 6.07 Å². The first kappa shape index (κ1) is 11.0. The number of nitrogens with one attached hydrogen (secondary N) is 1. The van der Waals surface area contributed by atoms with Crippen molar-refractivity contribution in [1.29, 1.82) is 0 Å². The molecule has 1 aromatic heterocycles. The van der Waals surface area contributed by atoms with Crippen LogP contribution < -0.4 is 5.32 Å². The van der Waals surface area contributed by atoms with Gasteiger partial charge in [0.1, 0.15) is 5.82 Å². The van der Waals surface area contributed by atoms with Crippen molar-refractivity contribution in [3.63, 3.8) is 0 Å². The highest BCUT2D eigenvalue weighted by atomic mass is 79.9. The van der Waals surface area contributed by atoms with Crippen LogP contribution in [0.1, 0.15) is 19.8 Å². The average molecular weight is 308 g/mol. The number of anilines is 1. The Hall–Kier alpha value is -0.0900. The number of hydrogen-bond acceptors (Lipinski definition) is 2. The monoisotopic (exact) mass is 306 g/mol. The zero-order valence-electron chi connectivity index (χ0n) is 7.48. The molecule has 1 heterocycles. The molecule has 0 amide bonds. The molecule has 0 aliphatic rings. The lowest BCUT2D eigenvalue weighted by Crippen LogP contribution is -2.03. The standard InChI is InChI=1S/C9H12Br2N2/c1-2-3-4-12-9-8(11)5-7(10)6-13-9/h5-6H,2-4H2,1H3,(H,12,13). The van der Waals surface area contributed by atoms with E-state index in [9.17, 15) is 0 Å². The van der Waals surface area contributed by atoms with E-state index in [-0.39, 0.29) is 0 Å². The van der Waals surface area contributed by atoms with Crippen molar-refractivity contribution >= 4 is 37.7 Å². The zero-order chi connectivity index (χ0) is 9.68.